The maximum atomic E-state index is 12.7. The molecule has 3 rings (SSSR count). The second kappa shape index (κ2) is 8.89. The molecule has 1 aliphatic rings. The maximum Gasteiger partial charge on any atom is 0.416 e. The van der Waals surface area contributed by atoms with Gasteiger partial charge >= 0.3 is 6.18 Å². The third kappa shape index (κ3) is 5.31. The van der Waals surface area contributed by atoms with Crippen molar-refractivity contribution >= 4 is 17.3 Å². The Kier molecular flexibility index (Phi) is 6.28. The summed E-state index contributed by atoms with van der Waals surface area (Å²) in [6.07, 6.45) is -4.71. The third-order valence-electron chi connectivity index (χ3n) is 4.29. The van der Waals surface area contributed by atoms with E-state index in [2.05, 4.69) is 10.6 Å². The van der Waals surface area contributed by atoms with Crippen molar-refractivity contribution in [1.82, 2.24) is 5.32 Å². The molecule has 2 aromatic carbocycles. The number of fused-ring (bicyclic) bond motifs is 1. The molecule has 0 spiro atoms. The van der Waals surface area contributed by atoms with E-state index < -0.39 is 22.4 Å². The second-order valence-electron chi connectivity index (χ2n) is 6.42. The zero-order chi connectivity index (χ0) is 21.7. The van der Waals surface area contributed by atoms with Crippen LogP contribution in [0, 0.1) is 10.1 Å². The van der Waals surface area contributed by atoms with Gasteiger partial charge in [0, 0.05) is 25.6 Å². The Bertz CT molecular complexity index is 949. The van der Waals surface area contributed by atoms with Crippen LogP contribution in [0.15, 0.2) is 36.4 Å². The van der Waals surface area contributed by atoms with Crippen molar-refractivity contribution < 1.29 is 32.4 Å². The summed E-state index contributed by atoms with van der Waals surface area (Å²) in [5.74, 6) is 0.912. The van der Waals surface area contributed by atoms with E-state index in [1.165, 1.54) is 0 Å². The summed E-state index contributed by atoms with van der Waals surface area (Å²) in [7, 11) is 0. The zero-order valence-electron chi connectivity index (χ0n) is 15.6. The third-order valence-corrected chi connectivity index (χ3v) is 4.29. The zero-order valence-corrected chi connectivity index (χ0v) is 15.6. The Morgan fingerprint density at radius 3 is 2.53 bits per heavy atom. The Morgan fingerprint density at radius 1 is 1.10 bits per heavy atom. The van der Waals surface area contributed by atoms with Gasteiger partial charge in [0.25, 0.3) is 5.69 Å². The summed E-state index contributed by atoms with van der Waals surface area (Å²) < 4.78 is 49.1. The Hall–Kier alpha value is -3.50. The monoisotopic (exact) mass is 425 g/mol. The van der Waals surface area contributed by atoms with Crippen LogP contribution in [-0.2, 0) is 17.5 Å². The number of nitro benzene ring substituents is 1. The smallest absolute Gasteiger partial charge is 0.416 e. The normalized spacial score (nSPS) is 12.9. The highest BCUT2D eigenvalue weighted by molar-refractivity contribution is 5.76. The number of alkyl halides is 3. The molecule has 0 saturated heterocycles. The average molecular weight is 425 g/mol. The highest BCUT2D eigenvalue weighted by Crippen LogP contribution is 2.35. The molecule has 0 atom stereocenters. The van der Waals surface area contributed by atoms with Gasteiger partial charge in [-0.05, 0) is 29.8 Å². The van der Waals surface area contributed by atoms with E-state index in [1.807, 2.05) is 0 Å². The van der Waals surface area contributed by atoms with Crippen molar-refractivity contribution in [3.05, 3.63) is 57.6 Å². The molecule has 0 saturated carbocycles. The fourth-order valence-electron chi connectivity index (χ4n) is 2.81. The minimum absolute atomic E-state index is 0.0131. The maximum absolute atomic E-state index is 12.7. The topological polar surface area (TPSA) is 103 Å². The SMILES string of the molecule is O=C(CCNc1ccc(C(F)(F)F)cc1[N+](=O)[O-])NCc1ccc2c(c1)OCCO2. The fourth-order valence-corrected chi connectivity index (χ4v) is 2.81. The standard InChI is InChI=1S/C19H18F3N3O5/c20-19(21,22)13-2-3-14(15(10-13)25(27)28)23-6-5-18(26)24-11-12-1-4-16-17(9-12)30-8-7-29-16/h1-4,9-10,23H,5-8,11H2,(H,24,26). The van der Waals surface area contributed by atoms with Crippen LogP contribution in [-0.4, -0.2) is 30.6 Å². The van der Waals surface area contributed by atoms with Gasteiger partial charge in [0.1, 0.15) is 18.9 Å². The van der Waals surface area contributed by atoms with E-state index in [4.69, 9.17) is 9.47 Å². The molecule has 30 heavy (non-hydrogen) atoms. The predicted molar refractivity (Wildman–Crippen MR) is 100 cm³/mol. The number of carbonyl (C=O) groups is 1. The van der Waals surface area contributed by atoms with Crippen LogP contribution in [0.3, 0.4) is 0 Å². The number of nitro groups is 1. The summed E-state index contributed by atoms with van der Waals surface area (Å²) >= 11 is 0. The number of rotatable bonds is 7. The van der Waals surface area contributed by atoms with Gasteiger partial charge in [-0.1, -0.05) is 6.07 Å². The van der Waals surface area contributed by atoms with Crippen molar-refractivity contribution in [2.75, 3.05) is 25.1 Å². The summed E-state index contributed by atoms with van der Waals surface area (Å²) in [5.41, 5.74) is -1.11. The van der Waals surface area contributed by atoms with E-state index in [-0.39, 0.29) is 31.1 Å². The highest BCUT2D eigenvalue weighted by atomic mass is 19.4. The van der Waals surface area contributed by atoms with Crippen LogP contribution in [0.1, 0.15) is 17.5 Å². The molecule has 0 radical (unpaired) electrons. The number of hydrogen-bond acceptors (Lipinski definition) is 6. The number of hydrogen-bond donors (Lipinski definition) is 2. The van der Waals surface area contributed by atoms with Crippen molar-refractivity contribution in [3.8, 4) is 11.5 Å². The van der Waals surface area contributed by atoms with Gasteiger partial charge < -0.3 is 20.1 Å². The van der Waals surface area contributed by atoms with Crippen molar-refractivity contribution in [2.45, 2.75) is 19.1 Å². The lowest BCUT2D eigenvalue weighted by molar-refractivity contribution is -0.384. The lowest BCUT2D eigenvalue weighted by Crippen LogP contribution is -2.25. The molecule has 0 unspecified atom stereocenters. The van der Waals surface area contributed by atoms with Crippen molar-refractivity contribution in [3.63, 3.8) is 0 Å². The van der Waals surface area contributed by atoms with Crippen LogP contribution in [0.2, 0.25) is 0 Å². The number of anilines is 1. The minimum atomic E-state index is -4.68. The highest BCUT2D eigenvalue weighted by Gasteiger charge is 2.33. The number of carbonyl (C=O) groups excluding carboxylic acids is 1. The van der Waals surface area contributed by atoms with Crippen LogP contribution in [0.5, 0.6) is 11.5 Å². The molecule has 0 aliphatic carbocycles. The molecular formula is C19H18F3N3O5. The largest absolute Gasteiger partial charge is 0.486 e. The van der Waals surface area contributed by atoms with Gasteiger partial charge in [0.15, 0.2) is 11.5 Å². The molecule has 2 N–H and O–H groups in total. The average Bonchev–Trinajstić information content (AvgIpc) is 2.71. The molecule has 0 aromatic heterocycles. The van der Waals surface area contributed by atoms with E-state index in [9.17, 15) is 28.1 Å². The van der Waals surface area contributed by atoms with Gasteiger partial charge in [-0.25, -0.2) is 0 Å². The molecule has 8 nitrogen and oxygen atoms in total. The number of nitrogens with zero attached hydrogens (tertiary/aromatic N) is 1. The molecule has 0 bridgehead atoms. The summed E-state index contributed by atoms with van der Waals surface area (Å²) in [6, 6.07) is 7.49. The van der Waals surface area contributed by atoms with Crippen molar-refractivity contribution in [2.24, 2.45) is 0 Å². The fraction of sp³-hybridized carbons (Fsp3) is 0.316. The van der Waals surface area contributed by atoms with Crippen LogP contribution in [0.4, 0.5) is 24.5 Å². The lowest BCUT2D eigenvalue weighted by Gasteiger charge is -2.19. The number of benzene rings is 2. The van der Waals surface area contributed by atoms with E-state index >= 15 is 0 Å². The molecule has 1 heterocycles. The Balaban J connectivity index is 1.51. The molecule has 160 valence electrons. The number of amides is 1. The summed E-state index contributed by atoms with van der Waals surface area (Å²) in [4.78, 5) is 22.2. The second-order valence-corrected chi connectivity index (χ2v) is 6.42. The van der Waals surface area contributed by atoms with E-state index in [0.717, 1.165) is 17.7 Å². The van der Waals surface area contributed by atoms with Crippen LogP contribution < -0.4 is 20.1 Å². The first-order valence-corrected chi connectivity index (χ1v) is 8.99. The van der Waals surface area contributed by atoms with Gasteiger partial charge in [-0.15, -0.1) is 0 Å². The van der Waals surface area contributed by atoms with Crippen LogP contribution in [0.25, 0.3) is 0 Å². The molecule has 1 amide bonds. The van der Waals surface area contributed by atoms with Gasteiger partial charge in [0.05, 0.1) is 10.5 Å². The number of nitrogens with one attached hydrogen (secondary N) is 2. The van der Waals surface area contributed by atoms with Gasteiger partial charge in [-0.2, -0.15) is 13.2 Å². The Labute approximate surface area is 169 Å². The van der Waals surface area contributed by atoms with E-state index in [1.54, 1.807) is 18.2 Å². The molecule has 0 fully saturated rings. The lowest BCUT2D eigenvalue weighted by atomic mass is 10.1. The van der Waals surface area contributed by atoms with Crippen LogP contribution >= 0.6 is 0 Å². The number of halogens is 3. The first-order chi connectivity index (χ1) is 14.2. The first kappa shape index (κ1) is 21.2. The molecule has 2 aromatic rings. The summed E-state index contributed by atoms with van der Waals surface area (Å²) in [5, 5.41) is 16.4. The number of ether oxygens (including phenoxy) is 2. The molecule has 1 aliphatic heterocycles. The quantitative estimate of drug-likeness (QED) is 0.520. The first-order valence-electron chi connectivity index (χ1n) is 8.99. The Morgan fingerprint density at radius 2 is 1.83 bits per heavy atom. The van der Waals surface area contributed by atoms with Gasteiger partial charge in [0.2, 0.25) is 5.91 Å². The summed E-state index contributed by atoms with van der Waals surface area (Å²) in [6.45, 7) is 1.19. The minimum Gasteiger partial charge on any atom is -0.486 e. The van der Waals surface area contributed by atoms with Gasteiger partial charge in [-0.3, -0.25) is 14.9 Å². The molecular weight excluding hydrogens is 407 g/mol. The predicted octanol–water partition coefficient (Wildman–Crippen LogP) is 3.50. The van der Waals surface area contributed by atoms with E-state index in [0.29, 0.717) is 30.8 Å². The molecule has 11 heteroatoms. The van der Waals surface area contributed by atoms with Crippen molar-refractivity contribution in [1.29, 1.82) is 0 Å².